The monoisotopic (exact) mass is 477 g/mol. The highest BCUT2D eigenvalue weighted by molar-refractivity contribution is 7.12. The number of thiophene rings is 1. The molecule has 2 heterocycles. The molecule has 0 N–H and O–H groups in total. The average Bonchev–Trinajstić information content (AvgIpc) is 3.41. The highest BCUT2D eigenvalue weighted by Crippen LogP contribution is 2.65. The van der Waals surface area contributed by atoms with E-state index in [-0.39, 0.29) is 23.1 Å². The first-order chi connectivity index (χ1) is 16.4. The van der Waals surface area contributed by atoms with Gasteiger partial charge in [-0.2, -0.15) is 5.01 Å². The zero-order valence-electron chi connectivity index (χ0n) is 17.8. The lowest BCUT2D eigenvalue weighted by atomic mass is 9.63. The molecule has 0 spiro atoms. The topological polar surface area (TPSA) is 118 Å². The average molecular weight is 477 g/mol. The third-order valence-electron chi connectivity index (χ3n) is 7.53. The molecular weight excluding hydrogens is 458 g/mol. The second-order valence-corrected chi connectivity index (χ2v) is 10.2. The summed E-state index contributed by atoms with van der Waals surface area (Å²) in [6.07, 6.45) is 5.08. The van der Waals surface area contributed by atoms with Gasteiger partial charge in [-0.05, 0) is 53.7 Å². The Labute approximate surface area is 197 Å². The Kier molecular flexibility index (Phi) is 4.57. The summed E-state index contributed by atoms with van der Waals surface area (Å²) in [5.41, 5.74) is -0.150. The number of hydrogen-bond donors (Lipinski definition) is 0. The summed E-state index contributed by atoms with van der Waals surface area (Å²) >= 11 is 1.21. The SMILES string of the molecule is O=C(CN(C(=O)c1ccc([N+](=O)[O-])cc1)N1C(=O)[C@@H]2[C@H]3C=C[C@@H]([C@@H]4C[C@@H]34)[C@@H]2C1=O)c1cccs1. The molecule has 34 heavy (non-hydrogen) atoms. The maximum atomic E-state index is 13.6. The molecule has 0 radical (unpaired) electrons. The van der Waals surface area contributed by atoms with E-state index in [0.717, 1.165) is 16.4 Å². The first-order valence-corrected chi connectivity index (χ1v) is 11.9. The number of ketones is 1. The van der Waals surface area contributed by atoms with Crippen molar-refractivity contribution in [1.29, 1.82) is 0 Å². The third kappa shape index (κ3) is 2.98. The summed E-state index contributed by atoms with van der Waals surface area (Å²) in [4.78, 5) is 64.4. The van der Waals surface area contributed by atoms with Crippen LogP contribution in [0.3, 0.4) is 0 Å². The standard InChI is InChI=1S/C24H19N3O6S/c28-18(19-2-1-9-34-19)11-25(22(29)12-3-5-13(6-4-12)27(32)33)26-23(30)20-14-7-8-15(17-10-16(14)17)21(20)24(26)31/h1-9,14-17,20-21H,10-11H2/t14-,15-,16-,17-,20-,21+/m0/s1. The van der Waals surface area contributed by atoms with Crippen LogP contribution >= 0.6 is 11.3 Å². The van der Waals surface area contributed by atoms with Gasteiger partial charge in [-0.15, -0.1) is 11.3 Å². The number of rotatable bonds is 6. The minimum atomic E-state index is -0.731. The predicted molar refractivity (Wildman–Crippen MR) is 119 cm³/mol. The number of amides is 3. The number of nitro benzene ring substituents is 1. The summed E-state index contributed by atoms with van der Waals surface area (Å²) in [7, 11) is 0. The molecule has 3 fully saturated rings. The third-order valence-corrected chi connectivity index (χ3v) is 8.44. The van der Waals surface area contributed by atoms with Crippen LogP contribution in [-0.2, 0) is 9.59 Å². The zero-order valence-corrected chi connectivity index (χ0v) is 18.6. The molecule has 9 nitrogen and oxygen atoms in total. The lowest BCUT2D eigenvalue weighted by Gasteiger charge is -2.37. The first-order valence-electron chi connectivity index (χ1n) is 11.1. The summed E-state index contributed by atoms with van der Waals surface area (Å²) < 4.78 is 0. The summed E-state index contributed by atoms with van der Waals surface area (Å²) in [6.45, 7) is -0.483. The van der Waals surface area contributed by atoms with Crippen LogP contribution < -0.4 is 0 Å². The van der Waals surface area contributed by atoms with Gasteiger partial charge >= 0.3 is 0 Å². The normalized spacial score (nSPS) is 30.2. The molecule has 7 rings (SSSR count). The highest BCUT2D eigenvalue weighted by Gasteiger charge is 2.68. The van der Waals surface area contributed by atoms with E-state index in [1.165, 1.54) is 35.6 Å². The number of carbonyl (C=O) groups is 4. The van der Waals surface area contributed by atoms with Crippen LogP contribution in [0.25, 0.3) is 0 Å². The Bertz CT molecular complexity index is 1230. The van der Waals surface area contributed by atoms with Gasteiger partial charge in [0.1, 0.15) is 6.54 Å². The number of nitro groups is 1. The van der Waals surface area contributed by atoms with Crippen molar-refractivity contribution >= 4 is 40.5 Å². The van der Waals surface area contributed by atoms with Crippen molar-refractivity contribution in [2.75, 3.05) is 6.54 Å². The van der Waals surface area contributed by atoms with Crippen LogP contribution in [0.1, 0.15) is 26.5 Å². The number of hydrazine groups is 1. The van der Waals surface area contributed by atoms with Crippen molar-refractivity contribution in [2.45, 2.75) is 6.42 Å². The molecule has 2 bridgehead atoms. The fourth-order valence-electron chi connectivity index (χ4n) is 5.94. The van der Waals surface area contributed by atoms with Crippen molar-refractivity contribution in [3.8, 4) is 0 Å². The van der Waals surface area contributed by atoms with Crippen LogP contribution in [-0.4, -0.2) is 45.0 Å². The second kappa shape index (κ2) is 7.42. The molecule has 1 saturated heterocycles. The van der Waals surface area contributed by atoms with Gasteiger partial charge in [0, 0.05) is 17.7 Å². The molecule has 1 aromatic carbocycles. The summed E-state index contributed by atoms with van der Waals surface area (Å²) in [5.74, 6) is -2.31. The molecule has 1 aliphatic heterocycles. The van der Waals surface area contributed by atoms with E-state index < -0.39 is 46.8 Å². The molecule has 4 aliphatic carbocycles. The minimum absolute atomic E-state index is 0.0224. The molecule has 172 valence electrons. The Morgan fingerprint density at radius 3 is 2.18 bits per heavy atom. The molecule has 3 amide bonds. The van der Waals surface area contributed by atoms with Gasteiger partial charge in [0.2, 0.25) is 0 Å². The van der Waals surface area contributed by atoms with Gasteiger partial charge in [-0.3, -0.25) is 29.3 Å². The van der Waals surface area contributed by atoms with Gasteiger partial charge in [-0.25, -0.2) is 5.01 Å². The van der Waals surface area contributed by atoms with E-state index in [2.05, 4.69) is 0 Å². The van der Waals surface area contributed by atoms with Crippen molar-refractivity contribution in [2.24, 2.45) is 35.5 Å². The summed E-state index contributed by atoms with van der Waals surface area (Å²) in [6, 6.07) is 8.21. The fourth-order valence-corrected chi connectivity index (χ4v) is 6.60. The molecule has 5 aliphatic rings. The molecule has 1 aromatic heterocycles. The van der Waals surface area contributed by atoms with Crippen LogP contribution in [0, 0.1) is 45.6 Å². The number of Topliss-reactive ketones (excluding diaryl/α,β-unsaturated/α-hetero) is 1. The van der Waals surface area contributed by atoms with E-state index in [4.69, 9.17) is 0 Å². The lowest BCUT2D eigenvalue weighted by Crippen LogP contribution is -2.52. The van der Waals surface area contributed by atoms with E-state index in [1.807, 2.05) is 12.2 Å². The van der Waals surface area contributed by atoms with Gasteiger partial charge in [0.25, 0.3) is 23.4 Å². The van der Waals surface area contributed by atoms with Crippen molar-refractivity contribution in [1.82, 2.24) is 10.0 Å². The molecule has 2 aromatic rings. The number of benzene rings is 1. The molecular formula is C24H19N3O6S. The maximum absolute atomic E-state index is 13.6. The lowest BCUT2D eigenvalue weighted by molar-refractivity contribution is -0.384. The Balaban J connectivity index is 1.36. The quantitative estimate of drug-likeness (QED) is 0.208. The highest BCUT2D eigenvalue weighted by atomic mass is 32.1. The zero-order chi connectivity index (χ0) is 23.7. The Morgan fingerprint density at radius 2 is 1.65 bits per heavy atom. The maximum Gasteiger partial charge on any atom is 0.273 e. The molecule has 10 heteroatoms. The van der Waals surface area contributed by atoms with Crippen molar-refractivity contribution in [3.05, 3.63) is 74.5 Å². The minimum Gasteiger partial charge on any atom is -0.291 e. The van der Waals surface area contributed by atoms with E-state index in [1.54, 1.807) is 17.5 Å². The number of imide groups is 1. The molecule has 6 atom stereocenters. The van der Waals surface area contributed by atoms with Crippen LogP contribution in [0.4, 0.5) is 5.69 Å². The van der Waals surface area contributed by atoms with E-state index in [0.29, 0.717) is 16.7 Å². The van der Waals surface area contributed by atoms with E-state index >= 15 is 0 Å². The molecule has 0 unspecified atom stereocenters. The fraction of sp³-hybridized carbons (Fsp3) is 0.333. The van der Waals surface area contributed by atoms with Gasteiger partial charge in [-0.1, -0.05) is 18.2 Å². The van der Waals surface area contributed by atoms with Crippen molar-refractivity contribution < 1.29 is 24.1 Å². The van der Waals surface area contributed by atoms with Crippen LogP contribution in [0.2, 0.25) is 0 Å². The Morgan fingerprint density at radius 1 is 1.03 bits per heavy atom. The summed E-state index contributed by atoms with van der Waals surface area (Å²) in [5, 5.41) is 14.5. The second-order valence-electron chi connectivity index (χ2n) is 9.21. The van der Waals surface area contributed by atoms with E-state index in [9.17, 15) is 29.3 Å². The number of nitrogens with zero attached hydrogens (tertiary/aromatic N) is 3. The smallest absolute Gasteiger partial charge is 0.273 e. The number of non-ortho nitro benzene ring substituents is 1. The van der Waals surface area contributed by atoms with Gasteiger partial charge in [0.15, 0.2) is 5.78 Å². The molecule has 2 saturated carbocycles. The predicted octanol–water partition coefficient (Wildman–Crippen LogP) is 2.95. The van der Waals surface area contributed by atoms with Crippen molar-refractivity contribution in [3.63, 3.8) is 0 Å². The number of hydrogen-bond acceptors (Lipinski definition) is 7. The van der Waals surface area contributed by atoms with Gasteiger partial charge in [0.05, 0.1) is 21.6 Å². The van der Waals surface area contributed by atoms with Crippen LogP contribution in [0.15, 0.2) is 53.9 Å². The largest absolute Gasteiger partial charge is 0.291 e. The number of allylic oxidation sites excluding steroid dienone is 2. The van der Waals surface area contributed by atoms with Crippen LogP contribution in [0.5, 0.6) is 0 Å². The number of carbonyl (C=O) groups excluding carboxylic acids is 4. The first kappa shape index (κ1) is 20.9. The van der Waals surface area contributed by atoms with Gasteiger partial charge < -0.3 is 0 Å². The Hall–Kier alpha value is -3.66.